The summed E-state index contributed by atoms with van der Waals surface area (Å²) in [6, 6.07) is 2.45. The molecule has 1 aromatic rings. The number of aromatic nitrogens is 1. The number of rotatable bonds is 2. The summed E-state index contributed by atoms with van der Waals surface area (Å²) in [5, 5.41) is 9.16. The lowest BCUT2D eigenvalue weighted by Gasteiger charge is -2.18. The van der Waals surface area contributed by atoms with Gasteiger partial charge in [0.2, 0.25) is 0 Å². The predicted molar refractivity (Wildman–Crippen MR) is 64.9 cm³/mol. The van der Waals surface area contributed by atoms with Crippen molar-refractivity contribution < 1.29 is 23.1 Å². The van der Waals surface area contributed by atoms with Crippen LogP contribution in [0.15, 0.2) is 18.3 Å². The molecule has 4 nitrogen and oxygen atoms in total. The van der Waals surface area contributed by atoms with Gasteiger partial charge in [0.05, 0.1) is 5.56 Å². The first-order chi connectivity index (χ1) is 9.34. The number of aliphatic hydroxyl groups is 1. The average Bonchev–Trinajstić information content (AvgIpc) is 2.78. The van der Waals surface area contributed by atoms with E-state index in [-0.39, 0.29) is 25.0 Å². The summed E-state index contributed by atoms with van der Waals surface area (Å²) in [6.45, 7) is 2.39. The molecule has 0 spiro atoms. The first kappa shape index (κ1) is 14.8. The second kappa shape index (κ2) is 5.40. The van der Waals surface area contributed by atoms with Crippen molar-refractivity contribution in [2.24, 2.45) is 11.8 Å². The lowest BCUT2D eigenvalue weighted by atomic mass is 10.00. The molecular weight excluding hydrogens is 273 g/mol. The molecular formula is C13H15F3N2O2. The molecule has 2 rings (SSSR count). The maximum atomic E-state index is 12.8. The fourth-order valence-electron chi connectivity index (χ4n) is 2.41. The quantitative estimate of drug-likeness (QED) is 0.903. The van der Waals surface area contributed by atoms with Crippen LogP contribution in [0.4, 0.5) is 13.2 Å². The van der Waals surface area contributed by atoms with E-state index in [1.807, 2.05) is 6.92 Å². The van der Waals surface area contributed by atoms with Gasteiger partial charge in [-0.25, -0.2) is 0 Å². The summed E-state index contributed by atoms with van der Waals surface area (Å²) < 4.78 is 38.5. The highest BCUT2D eigenvalue weighted by Crippen LogP contribution is 2.32. The lowest BCUT2D eigenvalue weighted by molar-refractivity contribution is -0.141. The van der Waals surface area contributed by atoms with Gasteiger partial charge in [0.25, 0.3) is 5.91 Å². The average molecular weight is 288 g/mol. The normalized spacial score (nSPS) is 23.1. The van der Waals surface area contributed by atoms with Crippen molar-refractivity contribution >= 4 is 5.91 Å². The molecule has 1 aromatic heterocycles. The summed E-state index contributed by atoms with van der Waals surface area (Å²) in [4.78, 5) is 16.8. The second-order valence-electron chi connectivity index (χ2n) is 5.03. The van der Waals surface area contributed by atoms with Gasteiger partial charge in [0.1, 0.15) is 0 Å². The fraction of sp³-hybridized carbons (Fsp3) is 0.538. The molecule has 110 valence electrons. The summed E-state index contributed by atoms with van der Waals surface area (Å²) in [6.07, 6.45) is -3.64. The van der Waals surface area contributed by atoms with Crippen LogP contribution in [-0.2, 0) is 6.18 Å². The Labute approximate surface area is 114 Å². The number of nitrogens with zero attached hydrogens (tertiary/aromatic N) is 2. The highest BCUT2D eigenvalue weighted by molar-refractivity contribution is 5.95. The van der Waals surface area contributed by atoms with Crippen molar-refractivity contribution in [1.29, 1.82) is 0 Å². The minimum atomic E-state index is -4.66. The van der Waals surface area contributed by atoms with Crippen LogP contribution in [0.25, 0.3) is 0 Å². The third-order valence-electron chi connectivity index (χ3n) is 3.60. The minimum Gasteiger partial charge on any atom is -0.396 e. The van der Waals surface area contributed by atoms with E-state index in [4.69, 9.17) is 5.11 Å². The smallest absolute Gasteiger partial charge is 0.396 e. The Morgan fingerprint density at radius 3 is 2.75 bits per heavy atom. The van der Waals surface area contributed by atoms with Crippen LogP contribution in [0.3, 0.4) is 0 Å². The molecule has 7 heteroatoms. The van der Waals surface area contributed by atoms with Crippen LogP contribution in [0.5, 0.6) is 0 Å². The Balaban J connectivity index is 2.27. The van der Waals surface area contributed by atoms with Crippen molar-refractivity contribution in [1.82, 2.24) is 9.88 Å². The van der Waals surface area contributed by atoms with Gasteiger partial charge >= 0.3 is 6.18 Å². The third-order valence-corrected chi connectivity index (χ3v) is 3.60. The number of hydrogen-bond donors (Lipinski definition) is 1. The standard InChI is InChI=1S/C13H15F3N2O2/c1-8-5-18(6-9(8)7-19)12(20)10-3-2-4-17-11(10)13(14,15)16/h2-4,8-9,19H,5-7H2,1H3/t8-,9+/m1/s1. The maximum Gasteiger partial charge on any atom is 0.434 e. The van der Waals surface area contributed by atoms with E-state index in [0.717, 1.165) is 12.3 Å². The molecule has 2 atom stereocenters. The molecule has 2 heterocycles. The van der Waals surface area contributed by atoms with Crippen LogP contribution < -0.4 is 0 Å². The van der Waals surface area contributed by atoms with E-state index < -0.39 is 23.3 Å². The van der Waals surface area contributed by atoms with Gasteiger partial charge in [-0.2, -0.15) is 13.2 Å². The number of amides is 1. The third kappa shape index (κ3) is 2.77. The number of pyridine rings is 1. The highest BCUT2D eigenvalue weighted by Gasteiger charge is 2.40. The molecule has 1 saturated heterocycles. The zero-order valence-electron chi connectivity index (χ0n) is 10.9. The summed E-state index contributed by atoms with van der Waals surface area (Å²) in [5.74, 6) is -0.715. The van der Waals surface area contributed by atoms with E-state index in [1.54, 1.807) is 0 Å². The van der Waals surface area contributed by atoms with Crippen molar-refractivity contribution in [2.45, 2.75) is 13.1 Å². The summed E-state index contributed by atoms with van der Waals surface area (Å²) in [7, 11) is 0. The van der Waals surface area contributed by atoms with E-state index in [1.165, 1.54) is 11.0 Å². The lowest BCUT2D eigenvalue weighted by Crippen LogP contribution is -2.31. The zero-order valence-corrected chi connectivity index (χ0v) is 10.9. The minimum absolute atomic E-state index is 0.0648. The molecule has 1 aliphatic heterocycles. The highest BCUT2D eigenvalue weighted by atomic mass is 19.4. The number of carbonyl (C=O) groups is 1. The van der Waals surface area contributed by atoms with E-state index in [2.05, 4.69) is 4.98 Å². The van der Waals surface area contributed by atoms with Gasteiger partial charge in [0, 0.05) is 31.8 Å². The number of likely N-dealkylation sites (tertiary alicyclic amines) is 1. The predicted octanol–water partition coefficient (Wildman–Crippen LogP) is 1.80. The molecule has 1 aliphatic rings. The number of aliphatic hydroxyl groups excluding tert-OH is 1. The van der Waals surface area contributed by atoms with Crippen molar-refractivity contribution in [2.75, 3.05) is 19.7 Å². The summed E-state index contributed by atoms with van der Waals surface area (Å²) in [5.41, 5.74) is -1.60. The Hall–Kier alpha value is -1.63. The molecule has 0 unspecified atom stereocenters. The van der Waals surface area contributed by atoms with E-state index in [9.17, 15) is 18.0 Å². The molecule has 0 saturated carbocycles. The van der Waals surface area contributed by atoms with Crippen molar-refractivity contribution in [3.63, 3.8) is 0 Å². The molecule has 20 heavy (non-hydrogen) atoms. The van der Waals surface area contributed by atoms with Gasteiger partial charge in [-0.1, -0.05) is 6.92 Å². The van der Waals surface area contributed by atoms with Crippen molar-refractivity contribution in [3.8, 4) is 0 Å². The molecule has 1 amide bonds. The Morgan fingerprint density at radius 1 is 1.50 bits per heavy atom. The fourth-order valence-corrected chi connectivity index (χ4v) is 2.41. The molecule has 1 fully saturated rings. The van der Waals surface area contributed by atoms with Gasteiger partial charge in [-0.05, 0) is 18.1 Å². The van der Waals surface area contributed by atoms with Crippen LogP contribution >= 0.6 is 0 Å². The van der Waals surface area contributed by atoms with Crippen LogP contribution in [0.1, 0.15) is 23.0 Å². The van der Waals surface area contributed by atoms with E-state index >= 15 is 0 Å². The number of carbonyl (C=O) groups excluding carboxylic acids is 1. The Bertz CT molecular complexity index is 505. The molecule has 1 N–H and O–H groups in total. The van der Waals surface area contributed by atoms with Gasteiger partial charge in [0.15, 0.2) is 5.69 Å². The van der Waals surface area contributed by atoms with Crippen LogP contribution in [0.2, 0.25) is 0 Å². The van der Waals surface area contributed by atoms with Crippen LogP contribution in [0, 0.1) is 11.8 Å². The topological polar surface area (TPSA) is 53.4 Å². The molecule has 0 radical (unpaired) electrons. The van der Waals surface area contributed by atoms with Crippen molar-refractivity contribution in [3.05, 3.63) is 29.6 Å². The van der Waals surface area contributed by atoms with Gasteiger partial charge in [-0.15, -0.1) is 0 Å². The Kier molecular flexibility index (Phi) is 3.99. The number of halogens is 3. The SMILES string of the molecule is C[C@@H]1CN(C(=O)c2cccnc2C(F)(F)F)C[C@H]1CO. The summed E-state index contributed by atoms with van der Waals surface area (Å²) >= 11 is 0. The maximum absolute atomic E-state index is 12.8. The number of hydrogen-bond acceptors (Lipinski definition) is 3. The monoisotopic (exact) mass is 288 g/mol. The number of alkyl halides is 3. The first-order valence-electron chi connectivity index (χ1n) is 6.27. The molecule has 0 aromatic carbocycles. The molecule has 0 aliphatic carbocycles. The largest absolute Gasteiger partial charge is 0.434 e. The molecule has 0 bridgehead atoms. The van der Waals surface area contributed by atoms with Gasteiger partial charge < -0.3 is 10.0 Å². The second-order valence-corrected chi connectivity index (χ2v) is 5.03. The zero-order chi connectivity index (χ0) is 14.9. The Morgan fingerprint density at radius 2 is 2.20 bits per heavy atom. The van der Waals surface area contributed by atoms with Gasteiger partial charge in [-0.3, -0.25) is 9.78 Å². The van der Waals surface area contributed by atoms with E-state index in [0.29, 0.717) is 6.54 Å². The first-order valence-corrected chi connectivity index (χ1v) is 6.27. The van der Waals surface area contributed by atoms with Crippen LogP contribution in [-0.4, -0.2) is 40.6 Å².